The van der Waals surface area contributed by atoms with Gasteiger partial charge >= 0.3 is 23.5 Å². The van der Waals surface area contributed by atoms with Crippen molar-refractivity contribution in [2.45, 2.75) is 64.1 Å². The van der Waals surface area contributed by atoms with Gasteiger partial charge in [-0.2, -0.15) is 0 Å². The molecule has 16 heteroatoms. The molecule has 1 aromatic heterocycles. The molecule has 3 aliphatic heterocycles. The molecule has 1 saturated heterocycles. The van der Waals surface area contributed by atoms with Crippen LogP contribution in [0.3, 0.4) is 0 Å². The second kappa shape index (κ2) is 12.5. The second-order valence-electron chi connectivity index (χ2n) is 12.2. The Kier molecular flexibility index (Phi) is 8.30. The fourth-order valence-corrected chi connectivity index (χ4v) is 6.76. The molecule has 0 bridgehead atoms. The van der Waals surface area contributed by atoms with Crippen molar-refractivity contribution >= 4 is 40.2 Å². The monoisotopic (exact) mass is 706 g/mol. The summed E-state index contributed by atoms with van der Waals surface area (Å²) in [6.07, 6.45) is 0.949. The molecular weight excluding hydrogens is 676 g/mol. The number of rotatable bonds is 6. The number of benzene rings is 2. The number of ether oxygens (including phenoxy) is 8. The SMILES string of the molecule is COC(=O)c1cc2cc3c(c(OC(C)=O)c2c(=O)o1)OC1(Cc2c(O)c4c(c(OC(C)=O)c2O1)C(=O)C(OC)=CC4=O)CC3OC1CCCCO1. The fourth-order valence-electron chi connectivity index (χ4n) is 6.76. The van der Waals surface area contributed by atoms with Crippen molar-refractivity contribution in [3.8, 4) is 28.7 Å². The zero-order valence-corrected chi connectivity index (χ0v) is 27.7. The Morgan fingerprint density at radius 2 is 1.67 bits per heavy atom. The lowest BCUT2D eigenvalue weighted by atomic mass is 9.87. The van der Waals surface area contributed by atoms with Gasteiger partial charge in [0, 0.05) is 37.7 Å². The van der Waals surface area contributed by atoms with E-state index in [0.29, 0.717) is 13.0 Å². The molecule has 7 rings (SSSR count). The Hall–Kier alpha value is -5.74. The lowest BCUT2D eigenvalue weighted by Gasteiger charge is -2.40. The normalized spacial score (nSPS) is 21.8. The maximum absolute atomic E-state index is 13.5. The fraction of sp³-hybridized carbons (Fsp3) is 0.371. The predicted molar refractivity (Wildman–Crippen MR) is 168 cm³/mol. The molecule has 0 saturated carbocycles. The number of fused-ring (bicyclic) bond motifs is 4. The molecule has 16 nitrogen and oxygen atoms in total. The minimum absolute atomic E-state index is 0.0337. The number of allylic oxidation sites excluding steroid dienone is 2. The number of ketones is 2. The van der Waals surface area contributed by atoms with Crippen LogP contribution in [-0.4, -0.2) is 67.5 Å². The van der Waals surface area contributed by atoms with Crippen molar-refractivity contribution in [2.24, 2.45) is 0 Å². The molecule has 1 aliphatic carbocycles. The summed E-state index contributed by atoms with van der Waals surface area (Å²) in [4.78, 5) is 77.2. The van der Waals surface area contributed by atoms with Crippen molar-refractivity contribution in [1.29, 1.82) is 0 Å². The Labute approximate surface area is 287 Å². The Morgan fingerprint density at radius 3 is 2.33 bits per heavy atom. The van der Waals surface area contributed by atoms with E-state index in [1.807, 2.05) is 0 Å². The molecule has 3 aromatic rings. The van der Waals surface area contributed by atoms with Crippen molar-refractivity contribution in [2.75, 3.05) is 20.8 Å². The summed E-state index contributed by atoms with van der Waals surface area (Å²) >= 11 is 0. The van der Waals surface area contributed by atoms with Gasteiger partial charge in [0.2, 0.25) is 11.5 Å². The van der Waals surface area contributed by atoms with Gasteiger partial charge in [0.1, 0.15) is 11.1 Å². The number of carbonyl (C=O) groups is 5. The molecule has 3 unspecified atom stereocenters. The predicted octanol–water partition coefficient (Wildman–Crippen LogP) is 3.74. The van der Waals surface area contributed by atoms with E-state index in [4.69, 9.17) is 42.3 Å². The highest BCUT2D eigenvalue weighted by Gasteiger charge is 2.54. The molecule has 1 N–H and O–H groups in total. The first-order valence-corrected chi connectivity index (χ1v) is 15.9. The number of phenolic OH excluding ortho intramolecular Hbond substituents is 1. The maximum atomic E-state index is 13.5. The average Bonchev–Trinajstić information content (AvgIpc) is 3.46. The molecule has 2 aromatic carbocycles. The summed E-state index contributed by atoms with van der Waals surface area (Å²) in [5.74, 6) is -8.76. The Balaban J connectivity index is 1.44. The summed E-state index contributed by atoms with van der Waals surface area (Å²) < 4.78 is 51.3. The number of methoxy groups -OCH3 is 2. The number of hydrogen-bond donors (Lipinski definition) is 1. The van der Waals surface area contributed by atoms with Crippen molar-refractivity contribution in [3.05, 3.63) is 62.4 Å². The highest BCUT2D eigenvalue weighted by Crippen LogP contribution is 2.58. The van der Waals surface area contributed by atoms with E-state index >= 15 is 0 Å². The molecule has 4 aliphatic rings. The Morgan fingerprint density at radius 1 is 0.941 bits per heavy atom. The van der Waals surface area contributed by atoms with Crippen LogP contribution in [0.25, 0.3) is 10.8 Å². The summed E-state index contributed by atoms with van der Waals surface area (Å²) in [7, 11) is 2.29. The van der Waals surface area contributed by atoms with Crippen LogP contribution in [0.5, 0.6) is 28.7 Å². The first-order valence-electron chi connectivity index (χ1n) is 15.9. The number of carbonyl (C=O) groups excluding carboxylic acids is 5. The van der Waals surface area contributed by atoms with E-state index in [-0.39, 0.29) is 57.7 Å². The zero-order valence-electron chi connectivity index (χ0n) is 27.7. The maximum Gasteiger partial charge on any atom is 0.374 e. The van der Waals surface area contributed by atoms with Crippen molar-refractivity contribution in [1.82, 2.24) is 0 Å². The van der Waals surface area contributed by atoms with Crippen LogP contribution in [-0.2, 0) is 35.0 Å². The third kappa shape index (κ3) is 5.65. The molecule has 0 radical (unpaired) electrons. The lowest BCUT2D eigenvalue weighted by molar-refractivity contribution is -0.221. The van der Waals surface area contributed by atoms with Crippen LogP contribution >= 0.6 is 0 Å². The molecule has 1 fully saturated rings. The highest BCUT2D eigenvalue weighted by molar-refractivity contribution is 6.26. The van der Waals surface area contributed by atoms with Crippen LogP contribution in [0, 0.1) is 0 Å². The Bertz CT molecular complexity index is 2150. The minimum atomic E-state index is -1.84. The number of aromatic hydroxyl groups is 1. The smallest absolute Gasteiger partial charge is 0.374 e. The quantitative estimate of drug-likeness (QED) is 0.286. The summed E-state index contributed by atoms with van der Waals surface area (Å²) in [5.41, 5.74) is -1.69. The standard InChI is InChI=1S/C35H30O16/c1-14(36)46-31-24-16(10-21(33(41)44-4)49-34(24)42)9-17-22(48-23-7-5-6-8-45-23)13-35(50-29(17)31)12-18-27(39)25-19(38)11-20(43-3)28(40)26(25)32(30(18)51-35)47-15(2)37/h9-11,22-23,39H,5-8,12-13H2,1-4H3. The van der Waals surface area contributed by atoms with Gasteiger partial charge in [-0.15, -0.1) is 0 Å². The molecule has 1 spiro atoms. The summed E-state index contributed by atoms with van der Waals surface area (Å²) in [6.45, 7) is 2.61. The number of esters is 3. The van der Waals surface area contributed by atoms with E-state index in [2.05, 4.69) is 0 Å². The van der Waals surface area contributed by atoms with Gasteiger partial charge in [-0.05, 0) is 36.8 Å². The molecule has 266 valence electrons. The van der Waals surface area contributed by atoms with Gasteiger partial charge in [0.15, 0.2) is 40.8 Å². The second-order valence-corrected chi connectivity index (χ2v) is 12.2. The third-order valence-electron chi connectivity index (χ3n) is 8.85. The van der Waals surface area contributed by atoms with Crippen LogP contribution in [0.4, 0.5) is 0 Å². The summed E-state index contributed by atoms with van der Waals surface area (Å²) in [6, 6.07) is 2.76. The van der Waals surface area contributed by atoms with Gasteiger partial charge < -0.3 is 47.4 Å². The van der Waals surface area contributed by atoms with Gasteiger partial charge in [0.25, 0.3) is 5.79 Å². The van der Waals surface area contributed by atoms with Gasteiger partial charge in [-0.1, -0.05) is 0 Å². The topological polar surface area (TPSA) is 210 Å². The first kappa shape index (κ1) is 33.7. The highest BCUT2D eigenvalue weighted by atomic mass is 16.7. The van der Waals surface area contributed by atoms with Gasteiger partial charge in [-0.25, -0.2) is 9.59 Å². The lowest BCUT2D eigenvalue weighted by Crippen LogP contribution is -2.46. The van der Waals surface area contributed by atoms with E-state index in [1.54, 1.807) is 0 Å². The number of Topliss-reactive ketones (excluding diaryl/α,β-unsaturated/α-hetero) is 1. The zero-order chi connectivity index (χ0) is 36.4. The third-order valence-corrected chi connectivity index (χ3v) is 8.85. The van der Waals surface area contributed by atoms with Crippen LogP contribution in [0.2, 0.25) is 0 Å². The molecule has 51 heavy (non-hydrogen) atoms. The minimum Gasteiger partial charge on any atom is -0.507 e. The van der Waals surface area contributed by atoms with E-state index in [0.717, 1.165) is 39.9 Å². The van der Waals surface area contributed by atoms with Gasteiger partial charge in [0.05, 0.1) is 44.3 Å². The van der Waals surface area contributed by atoms with Crippen molar-refractivity contribution < 1.29 is 71.4 Å². The molecule has 4 heterocycles. The number of phenols is 1. The van der Waals surface area contributed by atoms with Crippen LogP contribution < -0.4 is 24.6 Å². The summed E-state index contributed by atoms with van der Waals surface area (Å²) in [5, 5.41) is 11.4. The van der Waals surface area contributed by atoms with Crippen molar-refractivity contribution in [3.63, 3.8) is 0 Å². The number of hydrogen-bond acceptors (Lipinski definition) is 16. The van der Waals surface area contributed by atoms with E-state index in [9.17, 15) is 33.9 Å². The van der Waals surface area contributed by atoms with E-state index < -0.39 is 81.7 Å². The molecular formula is C35H30O16. The largest absolute Gasteiger partial charge is 0.507 e. The van der Waals surface area contributed by atoms with Crippen LogP contribution in [0.15, 0.2) is 33.2 Å². The van der Waals surface area contributed by atoms with E-state index in [1.165, 1.54) is 19.2 Å². The molecule has 3 atom stereocenters. The first-order chi connectivity index (χ1) is 24.3. The van der Waals surface area contributed by atoms with Gasteiger partial charge in [-0.3, -0.25) is 19.2 Å². The van der Waals surface area contributed by atoms with Crippen LogP contribution in [0.1, 0.15) is 88.0 Å². The molecule has 0 amide bonds. The average molecular weight is 707 g/mol.